The van der Waals surface area contributed by atoms with E-state index >= 15 is 0 Å². The summed E-state index contributed by atoms with van der Waals surface area (Å²) in [5.74, 6) is -1.69. The van der Waals surface area contributed by atoms with Crippen LogP contribution in [0.1, 0.15) is 13.8 Å². The summed E-state index contributed by atoms with van der Waals surface area (Å²) in [4.78, 5) is 12.1. The van der Waals surface area contributed by atoms with E-state index in [2.05, 4.69) is 4.72 Å². The highest BCUT2D eigenvalue weighted by Crippen LogP contribution is 2.35. The number of sulfonamides is 2. The minimum absolute atomic E-state index is 0.00547. The van der Waals surface area contributed by atoms with Gasteiger partial charge in [-0.05, 0) is 43.3 Å². The Balaban J connectivity index is 2.09. The Hall–Kier alpha value is -2.01. The Bertz CT molecular complexity index is 1220. The number of anilines is 2. The normalized spacial score (nSPS) is 18.5. The molecular weight excluding hydrogens is 475 g/mol. The number of hydrogen-bond donors (Lipinski definition) is 1. The maximum absolute atomic E-state index is 13.0. The molecule has 2 aromatic carbocycles. The fourth-order valence-corrected chi connectivity index (χ4v) is 6.29. The van der Waals surface area contributed by atoms with Crippen LogP contribution >= 0.6 is 23.2 Å². The topological polar surface area (TPSA) is 110 Å². The van der Waals surface area contributed by atoms with Crippen molar-refractivity contribution in [2.24, 2.45) is 5.92 Å². The van der Waals surface area contributed by atoms with Gasteiger partial charge in [0.25, 0.3) is 10.0 Å². The number of halogens is 2. The fourth-order valence-electron chi connectivity index (χ4n) is 2.96. The van der Waals surface area contributed by atoms with Crippen LogP contribution in [0.2, 0.25) is 10.0 Å². The highest BCUT2D eigenvalue weighted by atomic mass is 35.5. The summed E-state index contributed by atoms with van der Waals surface area (Å²) < 4.78 is 59.3. The van der Waals surface area contributed by atoms with Crippen molar-refractivity contribution in [1.82, 2.24) is 0 Å². The number of nitrogens with one attached hydrogen (secondary N) is 1. The smallest absolute Gasteiger partial charge is 0.265 e. The van der Waals surface area contributed by atoms with E-state index in [1.54, 1.807) is 6.92 Å². The van der Waals surface area contributed by atoms with Crippen LogP contribution in [0.25, 0.3) is 0 Å². The second-order valence-electron chi connectivity index (χ2n) is 6.58. The number of rotatable bonds is 6. The third-order valence-electron chi connectivity index (χ3n) is 4.28. The van der Waals surface area contributed by atoms with Crippen molar-refractivity contribution in [2.45, 2.75) is 18.7 Å². The molecule has 162 valence electrons. The summed E-state index contributed by atoms with van der Waals surface area (Å²) in [6.07, 6.45) is 0. The molecule has 1 amide bonds. The van der Waals surface area contributed by atoms with Gasteiger partial charge in [0, 0.05) is 0 Å². The van der Waals surface area contributed by atoms with Crippen molar-refractivity contribution in [2.75, 3.05) is 21.4 Å². The number of nitrogens with zero attached hydrogens (tertiary/aromatic N) is 1. The summed E-state index contributed by atoms with van der Waals surface area (Å²) in [6, 6.07) is 7.93. The standard InChI is InChI=1S/C18H18Cl2N2O6S2/c1-3-28-16-7-5-13(22-18(23)11(2)10-29(22,24)25)9-17(16)30(26,27)21-12-4-6-14(19)15(20)8-12/h4-9,11,21H,3,10H2,1-2H3. The van der Waals surface area contributed by atoms with Crippen molar-refractivity contribution in [1.29, 1.82) is 0 Å². The molecular formula is C18H18Cl2N2O6S2. The summed E-state index contributed by atoms with van der Waals surface area (Å²) >= 11 is 11.8. The average Bonchev–Trinajstić information content (AvgIpc) is 2.85. The zero-order chi connectivity index (χ0) is 22.3. The molecule has 0 saturated carbocycles. The Morgan fingerprint density at radius 1 is 1.17 bits per heavy atom. The van der Waals surface area contributed by atoms with E-state index in [1.165, 1.54) is 37.3 Å². The van der Waals surface area contributed by atoms with E-state index < -0.39 is 31.9 Å². The van der Waals surface area contributed by atoms with Crippen LogP contribution in [0.15, 0.2) is 41.3 Å². The van der Waals surface area contributed by atoms with Crippen molar-refractivity contribution >= 4 is 60.5 Å². The van der Waals surface area contributed by atoms with E-state index in [0.29, 0.717) is 4.31 Å². The molecule has 0 aliphatic carbocycles. The lowest BCUT2D eigenvalue weighted by Crippen LogP contribution is -2.30. The minimum atomic E-state index is -4.23. The Labute approximate surface area is 184 Å². The zero-order valence-corrected chi connectivity index (χ0v) is 19.1. The highest BCUT2D eigenvalue weighted by Gasteiger charge is 2.42. The first-order valence-corrected chi connectivity index (χ1v) is 12.6. The maximum Gasteiger partial charge on any atom is 0.265 e. The first-order valence-electron chi connectivity index (χ1n) is 8.78. The summed E-state index contributed by atoms with van der Waals surface area (Å²) in [5.41, 5.74) is 0.0676. The quantitative estimate of drug-likeness (QED) is 0.660. The molecule has 2 aromatic rings. The molecule has 0 aromatic heterocycles. The minimum Gasteiger partial charge on any atom is -0.492 e. The largest absolute Gasteiger partial charge is 0.492 e. The molecule has 1 saturated heterocycles. The van der Waals surface area contributed by atoms with Crippen molar-refractivity contribution < 1.29 is 26.4 Å². The van der Waals surface area contributed by atoms with Crippen molar-refractivity contribution in [3.8, 4) is 5.75 Å². The van der Waals surface area contributed by atoms with Gasteiger partial charge in [0.15, 0.2) is 0 Å². The lowest BCUT2D eigenvalue weighted by atomic mass is 10.2. The second-order valence-corrected chi connectivity index (χ2v) is 10.9. The average molecular weight is 493 g/mol. The third kappa shape index (κ3) is 4.36. The van der Waals surface area contributed by atoms with Gasteiger partial charge in [-0.15, -0.1) is 0 Å². The predicted octanol–water partition coefficient (Wildman–Crippen LogP) is 3.51. The van der Waals surface area contributed by atoms with Gasteiger partial charge in [-0.3, -0.25) is 9.52 Å². The number of amides is 1. The van der Waals surface area contributed by atoms with E-state index in [1.807, 2.05) is 0 Å². The van der Waals surface area contributed by atoms with Crippen molar-refractivity contribution in [3.05, 3.63) is 46.4 Å². The van der Waals surface area contributed by atoms with E-state index in [0.717, 1.165) is 6.07 Å². The third-order valence-corrected chi connectivity index (χ3v) is 8.29. The molecule has 3 rings (SSSR count). The molecule has 1 N–H and O–H groups in total. The Kier molecular flexibility index (Phi) is 6.24. The van der Waals surface area contributed by atoms with E-state index in [4.69, 9.17) is 27.9 Å². The molecule has 1 aliphatic heterocycles. The first kappa shape index (κ1) is 22.7. The summed E-state index contributed by atoms with van der Waals surface area (Å²) in [7, 11) is -8.13. The van der Waals surface area contributed by atoms with Crippen LogP contribution in [0.3, 0.4) is 0 Å². The summed E-state index contributed by atoms with van der Waals surface area (Å²) in [5, 5.41) is 0.405. The lowest BCUT2D eigenvalue weighted by molar-refractivity contribution is -0.119. The first-order chi connectivity index (χ1) is 14.0. The molecule has 1 fully saturated rings. The van der Waals surface area contributed by atoms with Crippen LogP contribution in [-0.4, -0.2) is 35.1 Å². The number of benzene rings is 2. The zero-order valence-electron chi connectivity index (χ0n) is 15.9. The molecule has 0 bridgehead atoms. The van der Waals surface area contributed by atoms with Crippen LogP contribution < -0.4 is 13.8 Å². The number of carbonyl (C=O) groups excluding carboxylic acids is 1. The number of carbonyl (C=O) groups is 1. The van der Waals surface area contributed by atoms with E-state index in [9.17, 15) is 21.6 Å². The Morgan fingerprint density at radius 2 is 1.87 bits per heavy atom. The highest BCUT2D eigenvalue weighted by molar-refractivity contribution is 7.94. The van der Waals surface area contributed by atoms with Gasteiger partial charge < -0.3 is 4.74 Å². The molecule has 8 nitrogen and oxygen atoms in total. The molecule has 0 radical (unpaired) electrons. The molecule has 0 spiro atoms. The molecule has 12 heteroatoms. The molecule has 1 unspecified atom stereocenters. The van der Waals surface area contributed by atoms with Crippen molar-refractivity contribution in [3.63, 3.8) is 0 Å². The molecule has 30 heavy (non-hydrogen) atoms. The molecule has 1 aliphatic rings. The van der Waals surface area contributed by atoms with Gasteiger partial charge in [0.05, 0.1) is 39.7 Å². The van der Waals surface area contributed by atoms with Gasteiger partial charge in [-0.2, -0.15) is 0 Å². The predicted molar refractivity (Wildman–Crippen MR) is 115 cm³/mol. The van der Waals surface area contributed by atoms with E-state index in [-0.39, 0.29) is 44.4 Å². The number of ether oxygens (including phenoxy) is 1. The molecule has 1 heterocycles. The van der Waals surface area contributed by atoms with Gasteiger partial charge in [-0.25, -0.2) is 21.1 Å². The van der Waals surface area contributed by atoms with Gasteiger partial charge in [0.1, 0.15) is 10.6 Å². The van der Waals surface area contributed by atoms with Gasteiger partial charge in [0.2, 0.25) is 15.9 Å². The van der Waals surface area contributed by atoms with Crippen LogP contribution in [-0.2, 0) is 24.8 Å². The number of hydrogen-bond acceptors (Lipinski definition) is 6. The Morgan fingerprint density at radius 3 is 2.43 bits per heavy atom. The van der Waals surface area contributed by atoms with Gasteiger partial charge >= 0.3 is 0 Å². The summed E-state index contributed by atoms with van der Waals surface area (Å²) in [6.45, 7) is 3.34. The fraction of sp³-hybridized carbons (Fsp3) is 0.278. The van der Waals surface area contributed by atoms with Crippen LogP contribution in [0.5, 0.6) is 5.75 Å². The van der Waals surface area contributed by atoms with Crippen LogP contribution in [0, 0.1) is 5.92 Å². The molecule has 1 atom stereocenters. The lowest BCUT2D eigenvalue weighted by Gasteiger charge is -2.19. The van der Waals surface area contributed by atoms with Gasteiger partial charge in [-0.1, -0.05) is 30.1 Å². The van der Waals surface area contributed by atoms with Crippen LogP contribution in [0.4, 0.5) is 11.4 Å². The SMILES string of the molecule is CCOc1ccc(N2C(=O)C(C)CS2(=O)=O)cc1S(=O)(=O)Nc1ccc(Cl)c(Cl)c1. The monoisotopic (exact) mass is 492 g/mol. The second kappa shape index (κ2) is 8.26. The maximum atomic E-state index is 13.0.